The molecule has 1 N–H and O–H groups in total. The van der Waals surface area contributed by atoms with Crippen LogP contribution >= 0.6 is 23.2 Å². The van der Waals surface area contributed by atoms with E-state index in [0.29, 0.717) is 17.9 Å². The van der Waals surface area contributed by atoms with Gasteiger partial charge in [-0.2, -0.15) is 0 Å². The highest BCUT2D eigenvalue weighted by molar-refractivity contribution is 6.33. The van der Waals surface area contributed by atoms with E-state index in [1.807, 2.05) is 25.2 Å². The molecule has 3 atom stereocenters. The van der Waals surface area contributed by atoms with Gasteiger partial charge >= 0.3 is 0 Å². The molecule has 0 saturated heterocycles. The molecule has 0 amide bonds. The third kappa shape index (κ3) is 2.22. The molecule has 0 spiro atoms. The zero-order chi connectivity index (χ0) is 11.7. The number of hydrogen-bond acceptors (Lipinski definition) is 1. The molecule has 0 bridgehead atoms. The summed E-state index contributed by atoms with van der Waals surface area (Å²) in [4.78, 5) is 0. The van der Waals surface area contributed by atoms with Crippen molar-refractivity contribution < 1.29 is 0 Å². The van der Waals surface area contributed by atoms with Crippen LogP contribution in [0.2, 0.25) is 10.0 Å². The summed E-state index contributed by atoms with van der Waals surface area (Å²) in [6.07, 6.45) is 2.40. The van der Waals surface area contributed by atoms with Crippen molar-refractivity contribution in [1.29, 1.82) is 0 Å². The van der Waals surface area contributed by atoms with Crippen LogP contribution in [0.3, 0.4) is 0 Å². The molecular weight excluding hydrogens is 241 g/mol. The van der Waals surface area contributed by atoms with Crippen molar-refractivity contribution in [1.82, 2.24) is 5.32 Å². The summed E-state index contributed by atoms with van der Waals surface area (Å²) in [6, 6.07) is 6.37. The normalized spacial score (nSPS) is 29.6. The molecule has 1 aliphatic carbocycles. The van der Waals surface area contributed by atoms with Crippen molar-refractivity contribution in [3.8, 4) is 0 Å². The van der Waals surface area contributed by atoms with Gasteiger partial charge in [-0.05, 0) is 55.5 Å². The van der Waals surface area contributed by atoms with E-state index in [-0.39, 0.29) is 0 Å². The van der Waals surface area contributed by atoms with Gasteiger partial charge in [0.2, 0.25) is 0 Å². The zero-order valence-electron chi connectivity index (χ0n) is 9.63. The Morgan fingerprint density at radius 1 is 1.25 bits per heavy atom. The lowest BCUT2D eigenvalue weighted by Gasteiger charge is -2.21. The summed E-state index contributed by atoms with van der Waals surface area (Å²) in [5.41, 5.74) is 1.21. The van der Waals surface area contributed by atoms with Gasteiger partial charge in [0.05, 0.1) is 0 Å². The Kier molecular flexibility index (Phi) is 3.78. The summed E-state index contributed by atoms with van der Waals surface area (Å²) in [5.74, 6) is 1.14. The van der Waals surface area contributed by atoms with Crippen molar-refractivity contribution >= 4 is 23.2 Å². The molecule has 1 aromatic rings. The quantitative estimate of drug-likeness (QED) is 0.842. The monoisotopic (exact) mass is 257 g/mol. The van der Waals surface area contributed by atoms with Gasteiger partial charge < -0.3 is 5.32 Å². The fourth-order valence-electron chi connectivity index (χ4n) is 2.81. The molecule has 1 saturated carbocycles. The summed E-state index contributed by atoms with van der Waals surface area (Å²) in [7, 11) is 2.03. The lowest BCUT2D eigenvalue weighted by atomic mass is 9.89. The van der Waals surface area contributed by atoms with Crippen LogP contribution in [0.5, 0.6) is 0 Å². The fraction of sp³-hybridized carbons (Fsp3) is 0.538. The van der Waals surface area contributed by atoms with Crippen LogP contribution in [0.15, 0.2) is 18.2 Å². The minimum absolute atomic E-state index is 0.531. The number of hydrogen-bond donors (Lipinski definition) is 1. The van der Waals surface area contributed by atoms with Gasteiger partial charge in [0.15, 0.2) is 0 Å². The minimum Gasteiger partial charge on any atom is -0.317 e. The Morgan fingerprint density at radius 2 is 2.00 bits per heavy atom. The highest BCUT2D eigenvalue weighted by Gasteiger charge is 2.33. The summed E-state index contributed by atoms with van der Waals surface area (Å²) < 4.78 is 0. The van der Waals surface area contributed by atoms with Gasteiger partial charge in [-0.15, -0.1) is 0 Å². The first-order chi connectivity index (χ1) is 7.63. The van der Waals surface area contributed by atoms with E-state index in [4.69, 9.17) is 23.2 Å². The van der Waals surface area contributed by atoms with Crippen LogP contribution in [0.4, 0.5) is 0 Å². The Labute approximate surface area is 107 Å². The SMILES string of the molecule is CNC1CCC(c2cc(Cl)ccc2Cl)C1C. The number of benzene rings is 1. The second-order valence-electron chi connectivity index (χ2n) is 4.60. The standard InChI is InChI=1S/C13H17Cl2N/c1-8-10(4-6-13(8)16-2)11-7-9(14)3-5-12(11)15/h3,5,7-8,10,13,16H,4,6H2,1-2H3. The maximum atomic E-state index is 6.25. The van der Waals surface area contributed by atoms with Crippen molar-refractivity contribution in [3.63, 3.8) is 0 Å². The predicted octanol–water partition coefficient (Wildman–Crippen LogP) is 4.09. The number of nitrogens with one attached hydrogen (secondary N) is 1. The average molecular weight is 258 g/mol. The van der Waals surface area contributed by atoms with E-state index < -0.39 is 0 Å². The summed E-state index contributed by atoms with van der Waals surface area (Å²) in [6.45, 7) is 2.29. The predicted molar refractivity (Wildman–Crippen MR) is 70.4 cm³/mol. The average Bonchev–Trinajstić information content (AvgIpc) is 2.63. The van der Waals surface area contributed by atoms with Gasteiger partial charge in [0.25, 0.3) is 0 Å². The van der Waals surface area contributed by atoms with Crippen LogP contribution in [0.1, 0.15) is 31.2 Å². The van der Waals surface area contributed by atoms with Gasteiger partial charge in [-0.25, -0.2) is 0 Å². The maximum absolute atomic E-state index is 6.25. The van der Waals surface area contributed by atoms with Crippen molar-refractivity contribution in [3.05, 3.63) is 33.8 Å². The third-order valence-corrected chi connectivity index (χ3v) is 4.37. The van der Waals surface area contributed by atoms with Gasteiger partial charge in [-0.3, -0.25) is 0 Å². The molecule has 3 unspecified atom stereocenters. The second-order valence-corrected chi connectivity index (χ2v) is 5.45. The van der Waals surface area contributed by atoms with E-state index in [2.05, 4.69) is 12.2 Å². The first kappa shape index (κ1) is 12.2. The molecule has 1 fully saturated rings. The Bertz CT molecular complexity index is 378. The first-order valence-electron chi connectivity index (χ1n) is 5.75. The summed E-state index contributed by atoms with van der Waals surface area (Å²) in [5, 5.41) is 4.99. The van der Waals surface area contributed by atoms with Gasteiger partial charge in [0, 0.05) is 16.1 Å². The van der Waals surface area contributed by atoms with Gasteiger partial charge in [0.1, 0.15) is 0 Å². The smallest absolute Gasteiger partial charge is 0.0441 e. The Hall–Kier alpha value is -0.240. The van der Waals surface area contributed by atoms with E-state index in [1.54, 1.807) is 0 Å². The van der Waals surface area contributed by atoms with Crippen molar-refractivity contribution in [2.75, 3.05) is 7.05 Å². The molecule has 1 aliphatic rings. The Morgan fingerprint density at radius 3 is 2.62 bits per heavy atom. The Balaban J connectivity index is 2.28. The third-order valence-electron chi connectivity index (χ3n) is 3.79. The van der Waals surface area contributed by atoms with E-state index in [0.717, 1.165) is 10.0 Å². The molecule has 0 aromatic heterocycles. The van der Waals surface area contributed by atoms with Crippen LogP contribution in [0.25, 0.3) is 0 Å². The van der Waals surface area contributed by atoms with Crippen LogP contribution < -0.4 is 5.32 Å². The van der Waals surface area contributed by atoms with E-state index >= 15 is 0 Å². The lowest BCUT2D eigenvalue weighted by molar-refractivity contribution is 0.429. The van der Waals surface area contributed by atoms with Crippen molar-refractivity contribution in [2.24, 2.45) is 5.92 Å². The lowest BCUT2D eigenvalue weighted by Crippen LogP contribution is -2.28. The highest BCUT2D eigenvalue weighted by Crippen LogP contribution is 2.42. The fourth-order valence-corrected chi connectivity index (χ4v) is 3.25. The van der Waals surface area contributed by atoms with Crippen LogP contribution in [0, 0.1) is 5.92 Å². The topological polar surface area (TPSA) is 12.0 Å². The molecule has 3 heteroatoms. The number of halogens is 2. The molecule has 16 heavy (non-hydrogen) atoms. The molecule has 0 radical (unpaired) electrons. The molecular formula is C13H17Cl2N. The molecule has 0 aliphatic heterocycles. The maximum Gasteiger partial charge on any atom is 0.0441 e. The van der Waals surface area contributed by atoms with E-state index in [1.165, 1.54) is 18.4 Å². The molecule has 0 heterocycles. The zero-order valence-corrected chi connectivity index (χ0v) is 11.1. The van der Waals surface area contributed by atoms with Crippen LogP contribution in [-0.4, -0.2) is 13.1 Å². The van der Waals surface area contributed by atoms with E-state index in [9.17, 15) is 0 Å². The van der Waals surface area contributed by atoms with Gasteiger partial charge in [-0.1, -0.05) is 30.1 Å². The molecule has 2 rings (SSSR count). The van der Waals surface area contributed by atoms with Crippen molar-refractivity contribution in [2.45, 2.75) is 31.7 Å². The van der Waals surface area contributed by atoms with Crippen LogP contribution in [-0.2, 0) is 0 Å². The number of rotatable bonds is 2. The minimum atomic E-state index is 0.531. The molecule has 1 aromatic carbocycles. The summed E-state index contributed by atoms with van der Waals surface area (Å²) >= 11 is 12.3. The molecule has 1 nitrogen and oxygen atoms in total. The molecule has 88 valence electrons. The highest BCUT2D eigenvalue weighted by atomic mass is 35.5. The first-order valence-corrected chi connectivity index (χ1v) is 6.51. The second kappa shape index (κ2) is 4.95. The largest absolute Gasteiger partial charge is 0.317 e.